The van der Waals surface area contributed by atoms with Crippen LogP contribution in [-0.2, 0) is 0 Å². The molecule has 0 aromatic rings. The van der Waals surface area contributed by atoms with E-state index in [2.05, 4.69) is 59.8 Å². The average molecular weight is 415 g/mol. The largest absolute Gasteiger partial charge is 0.247 e. The summed E-state index contributed by atoms with van der Waals surface area (Å²) in [4.78, 5) is 0. The predicted molar refractivity (Wildman–Crippen MR) is 127 cm³/mol. The second kappa shape index (κ2) is 8.40. The lowest BCUT2D eigenvalue weighted by molar-refractivity contribution is -0.0501. The van der Waals surface area contributed by atoms with E-state index in [0.29, 0.717) is 16.7 Å². The van der Waals surface area contributed by atoms with Crippen LogP contribution in [0.2, 0.25) is 0 Å². The van der Waals surface area contributed by atoms with Crippen molar-refractivity contribution in [1.82, 2.24) is 0 Å². The molecule has 3 fully saturated rings. The van der Waals surface area contributed by atoms with E-state index in [9.17, 15) is 4.39 Å². The van der Waals surface area contributed by atoms with Gasteiger partial charge in [-0.25, -0.2) is 4.39 Å². The van der Waals surface area contributed by atoms with Crippen molar-refractivity contribution in [3.8, 4) is 0 Å². The van der Waals surface area contributed by atoms with Gasteiger partial charge >= 0.3 is 0 Å². The quantitative estimate of drug-likeness (QED) is 0.394. The third-order valence-electron chi connectivity index (χ3n) is 10.7. The van der Waals surface area contributed by atoms with Gasteiger partial charge in [-0.05, 0) is 104 Å². The fourth-order valence-electron chi connectivity index (χ4n) is 8.80. The molecule has 170 valence electrons. The molecule has 0 unspecified atom stereocenters. The van der Waals surface area contributed by atoms with Crippen LogP contribution in [-0.4, -0.2) is 6.17 Å². The van der Waals surface area contributed by atoms with Crippen LogP contribution >= 0.6 is 0 Å². The number of rotatable bonds is 5. The fraction of sp³-hybridized carbons (Fsp3) is 0.862. The van der Waals surface area contributed by atoms with Crippen molar-refractivity contribution >= 4 is 0 Å². The number of halogens is 1. The Morgan fingerprint density at radius 3 is 2.50 bits per heavy atom. The molecule has 4 aliphatic carbocycles. The van der Waals surface area contributed by atoms with E-state index in [1.807, 2.05) is 0 Å². The van der Waals surface area contributed by atoms with E-state index in [4.69, 9.17) is 0 Å². The molecule has 0 heterocycles. The summed E-state index contributed by atoms with van der Waals surface area (Å²) in [5.41, 5.74) is 2.28. The fourth-order valence-corrected chi connectivity index (χ4v) is 8.80. The second-order valence-corrected chi connectivity index (χ2v) is 12.4. The lowest BCUT2D eigenvalue weighted by Crippen LogP contribution is -2.50. The van der Waals surface area contributed by atoms with Crippen LogP contribution in [0.3, 0.4) is 0 Å². The Balaban J connectivity index is 1.52. The highest BCUT2D eigenvalue weighted by Gasteiger charge is 2.59. The first kappa shape index (κ1) is 22.6. The average Bonchev–Trinajstić information content (AvgIpc) is 3.06. The van der Waals surface area contributed by atoms with Crippen LogP contribution in [0.15, 0.2) is 23.8 Å². The number of hydrogen-bond donors (Lipinski definition) is 0. The molecule has 0 radical (unpaired) electrons. The molecule has 4 rings (SSSR count). The van der Waals surface area contributed by atoms with Crippen molar-refractivity contribution in [3.05, 3.63) is 23.8 Å². The van der Waals surface area contributed by atoms with Crippen LogP contribution in [0.25, 0.3) is 0 Å². The molecule has 0 saturated heterocycles. The van der Waals surface area contributed by atoms with Gasteiger partial charge in [-0.15, -0.1) is 0 Å². The highest BCUT2D eigenvalue weighted by molar-refractivity contribution is 5.25. The predicted octanol–water partition coefficient (Wildman–Crippen LogP) is 8.78. The lowest BCUT2D eigenvalue weighted by atomic mass is 9.47. The van der Waals surface area contributed by atoms with Gasteiger partial charge in [0.25, 0.3) is 0 Å². The van der Waals surface area contributed by atoms with Crippen molar-refractivity contribution in [2.45, 2.75) is 106 Å². The van der Waals surface area contributed by atoms with Gasteiger partial charge in [0.05, 0.1) is 0 Å². The van der Waals surface area contributed by atoms with Crippen LogP contribution in [0.1, 0.15) is 99.3 Å². The van der Waals surface area contributed by atoms with Crippen molar-refractivity contribution in [2.24, 2.45) is 52.3 Å². The monoisotopic (exact) mass is 414 g/mol. The third kappa shape index (κ3) is 3.65. The first-order valence-corrected chi connectivity index (χ1v) is 13.2. The van der Waals surface area contributed by atoms with Gasteiger partial charge in [-0.1, -0.05) is 65.3 Å². The maximum absolute atomic E-state index is 14.1. The van der Waals surface area contributed by atoms with E-state index in [0.717, 1.165) is 54.8 Å². The number of allylic oxidation sites excluding steroid dienone is 4. The lowest BCUT2D eigenvalue weighted by Gasteiger charge is -2.58. The molecular formula is C29H47F. The third-order valence-corrected chi connectivity index (χ3v) is 10.7. The normalized spacial score (nSPS) is 45.6. The zero-order valence-electron chi connectivity index (χ0n) is 20.6. The smallest absolute Gasteiger partial charge is 0.104 e. The molecule has 0 amide bonds. The van der Waals surface area contributed by atoms with Crippen molar-refractivity contribution in [1.29, 1.82) is 0 Å². The summed E-state index contributed by atoms with van der Waals surface area (Å²) in [5, 5.41) is 0. The van der Waals surface area contributed by atoms with E-state index in [1.165, 1.54) is 44.1 Å². The molecular weight excluding hydrogens is 367 g/mol. The summed E-state index contributed by atoms with van der Waals surface area (Å²) in [6.45, 7) is 14.7. The minimum atomic E-state index is -0.587. The molecule has 3 saturated carbocycles. The molecule has 0 aromatic heterocycles. The van der Waals surface area contributed by atoms with Crippen LogP contribution < -0.4 is 0 Å². The first-order valence-electron chi connectivity index (χ1n) is 13.2. The van der Waals surface area contributed by atoms with Gasteiger partial charge in [0.2, 0.25) is 0 Å². The second-order valence-electron chi connectivity index (χ2n) is 12.4. The van der Waals surface area contributed by atoms with Gasteiger partial charge in [-0.2, -0.15) is 0 Å². The van der Waals surface area contributed by atoms with Gasteiger partial charge in [0.15, 0.2) is 0 Å². The summed E-state index contributed by atoms with van der Waals surface area (Å²) in [6, 6.07) is 0. The summed E-state index contributed by atoms with van der Waals surface area (Å²) in [7, 11) is 0. The number of alkyl halides is 1. The molecule has 1 heteroatoms. The zero-order chi connectivity index (χ0) is 21.7. The summed E-state index contributed by atoms with van der Waals surface area (Å²) >= 11 is 0. The molecule has 4 aliphatic rings. The summed E-state index contributed by atoms with van der Waals surface area (Å²) in [5.74, 6) is 5.51. The Bertz CT molecular complexity index is 674. The van der Waals surface area contributed by atoms with Crippen LogP contribution in [0.5, 0.6) is 0 Å². The maximum atomic E-state index is 14.1. The van der Waals surface area contributed by atoms with Gasteiger partial charge in [0, 0.05) is 6.42 Å². The molecule has 30 heavy (non-hydrogen) atoms. The van der Waals surface area contributed by atoms with Crippen LogP contribution in [0.4, 0.5) is 4.39 Å². The molecule has 0 N–H and O–H groups in total. The SMILES string of the molecule is CC[C@H](/C=C/[C@@H](C)[C@H]1CC[C@H]2[C@@H]3CC=C4C[C@@H](F)CC[C@]4(C)[C@H]3CC[C@]12C)C(C)C. The maximum Gasteiger partial charge on any atom is 0.104 e. The Hall–Kier alpha value is -0.590. The Kier molecular flexibility index (Phi) is 6.33. The minimum absolute atomic E-state index is 0.294. The van der Waals surface area contributed by atoms with Gasteiger partial charge < -0.3 is 0 Å². The molecule has 0 aliphatic heterocycles. The van der Waals surface area contributed by atoms with Gasteiger partial charge in [-0.3, -0.25) is 0 Å². The van der Waals surface area contributed by atoms with Crippen molar-refractivity contribution in [2.75, 3.05) is 0 Å². The minimum Gasteiger partial charge on any atom is -0.247 e. The van der Waals surface area contributed by atoms with Crippen molar-refractivity contribution in [3.63, 3.8) is 0 Å². The summed E-state index contributed by atoms with van der Waals surface area (Å²) < 4.78 is 14.1. The van der Waals surface area contributed by atoms with E-state index < -0.39 is 6.17 Å². The van der Waals surface area contributed by atoms with E-state index in [-0.39, 0.29) is 0 Å². The molecule has 0 bridgehead atoms. The molecule has 0 aromatic carbocycles. The highest BCUT2D eigenvalue weighted by Crippen LogP contribution is 2.67. The Labute approximate surface area is 186 Å². The molecule has 0 nitrogen and oxygen atoms in total. The van der Waals surface area contributed by atoms with Gasteiger partial charge in [0.1, 0.15) is 6.17 Å². The van der Waals surface area contributed by atoms with Crippen LogP contribution in [0, 0.1) is 52.3 Å². The standard InChI is InChI=1S/C29H47F/c1-7-21(19(2)3)9-8-20(4)25-12-13-26-24-11-10-22-18-23(30)14-16-28(22,5)27(24)15-17-29(25,26)6/h8-10,19-21,23-27H,7,11-18H2,1-6H3/b9-8+/t20-,21-,23+,24+,25-,26+,27+,28+,29-/m1/s1. The first-order chi connectivity index (χ1) is 14.2. The van der Waals surface area contributed by atoms with E-state index >= 15 is 0 Å². The molecule has 9 atom stereocenters. The summed E-state index contributed by atoms with van der Waals surface area (Å²) in [6.07, 6.45) is 17.7. The Morgan fingerprint density at radius 1 is 1.03 bits per heavy atom. The zero-order valence-corrected chi connectivity index (χ0v) is 20.6. The number of hydrogen-bond acceptors (Lipinski definition) is 0. The van der Waals surface area contributed by atoms with E-state index in [1.54, 1.807) is 0 Å². The topological polar surface area (TPSA) is 0 Å². The van der Waals surface area contributed by atoms with Crippen molar-refractivity contribution < 1.29 is 4.39 Å². The highest BCUT2D eigenvalue weighted by atomic mass is 19.1. The number of fused-ring (bicyclic) bond motifs is 5. The Morgan fingerprint density at radius 2 is 1.80 bits per heavy atom. The molecule has 0 spiro atoms.